The zero-order valence-electron chi connectivity index (χ0n) is 16.0. The van der Waals surface area contributed by atoms with Gasteiger partial charge in [-0.3, -0.25) is 4.79 Å². The van der Waals surface area contributed by atoms with Crippen LogP contribution in [0, 0.1) is 5.92 Å². The highest BCUT2D eigenvalue weighted by molar-refractivity contribution is 5.93. The molecule has 8 heteroatoms. The molecule has 1 saturated carbocycles. The molecule has 0 spiro atoms. The number of aliphatic hydroxyl groups is 1. The van der Waals surface area contributed by atoms with Gasteiger partial charge in [0.15, 0.2) is 0 Å². The highest BCUT2D eigenvalue weighted by atomic mass is 16.5. The summed E-state index contributed by atoms with van der Waals surface area (Å²) in [6.45, 7) is 2.66. The molecule has 0 aromatic rings. The number of carbonyl (C=O) groups excluding carboxylic acids is 3. The maximum Gasteiger partial charge on any atom is 0.332 e. The lowest BCUT2D eigenvalue weighted by Gasteiger charge is -2.29. The minimum atomic E-state index is -1.07. The van der Waals surface area contributed by atoms with Crippen LogP contribution in [0.3, 0.4) is 0 Å². The van der Waals surface area contributed by atoms with E-state index in [0.717, 1.165) is 19.3 Å². The molecular formula is C19H29N3O5. The van der Waals surface area contributed by atoms with Gasteiger partial charge in [-0.15, -0.1) is 0 Å². The Bertz CT molecular complexity index is 637. The summed E-state index contributed by atoms with van der Waals surface area (Å²) in [4.78, 5) is 41.2. The number of hydrogen-bond donors (Lipinski definition) is 2. The molecule has 0 radical (unpaired) electrons. The Hall–Kier alpha value is -2.09. The van der Waals surface area contributed by atoms with Crippen LogP contribution in [-0.4, -0.2) is 77.2 Å². The maximum absolute atomic E-state index is 12.9. The molecule has 3 aliphatic rings. The van der Waals surface area contributed by atoms with E-state index < -0.39 is 29.7 Å². The molecule has 1 saturated heterocycles. The van der Waals surface area contributed by atoms with Crippen LogP contribution in [0.15, 0.2) is 12.2 Å². The molecular weight excluding hydrogens is 350 g/mol. The van der Waals surface area contributed by atoms with Crippen molar-refractivity contribution in [3.8, 4) is 0 Å². The SMILES string of the molecule is CCOC(=O)[C@@]12C[C@H]1/C=C\CCCCN(C)C(=O)[C@@H]1C[C@H](O)CN1C(=O)N2. The van der Waals surface area contributed by atoms with E-state index in [-0.39, 0.29) is 31.4 Å². The zero-order chi connectivity index (χ0) is 19.6. The van der Waals surface area contributed by atoms with E-state index in [9.17, 15) is 19.5 Å². The minimum Gasteiger partial charge on any atom is -0.464 e. The van der Waals surface area contributed by atoms with Gasteiger partial charge in [-0.1, -0.05) is 12.2 Å². The molecule has 3 rings (SSSR count). The number of fused-ring (bicyclic) bond motifs is 2. The average Bonchev–Trinajstić information content (AvgIpc) is 3.18. The number of ether oxygens (including phenoxy) is 1. The normalized spacial score (nSPS) is 35.6. The van der Waals surface area contributed by atoms with Crippen LogP contribution in [0.5, 0.6) is 0 Å². The third-order valence-electron chi connectivity index (χ3n) is 5.67. The number of carbonyl (C=O) groups is 3. The number of likely N-dealkylation sites (N-methyl/N-ethyl adjacent to an activating group) is 1. The molecule has 3 amide bonds. The number of esters is 1. The van der Waals surface area contributed by atoms with Crippen molar-refractivity contribution in [2.24, 2.45) is 5.92 Å². The average molecular weight is 379 g/mol. The van der Waals surface area contributed by atoms with Gasteiger partial charge in [-0.25, -0.2) is 9.59 Å². The van der Waals surface area contributed by atoms with E-state index in [1.165, 1.54) is 4.90 Å². The number of hydrogen-bond acceptors (Lipinski definition) is 5. The number of rotatable bonds is 2. The Morgan fingerprint density at radius 1 is 1.41 bits per heavy atom. The Morgan fingerprint density at radius 3 is 2.93 bits per heavy atom. The van der Waals surface area contributed by atoms with Gasteiger partial charge in [-0.05, 0) is 32.6 Å². The van der Waals surface area contributed by atoms with Crippen LogP contribution < -0.4 is 5.32 Å². The topological polar surface area (TPSA) is 99.2 Å². The van der Waals surface area contributed by atoms with Gasteiger partial charge in [-0.2, -0.15) is 0 Å². The molecule has 150 valence electrons. The number of allylic oxidation sites excluding steroid dienone is 1. The second-order valence-corrected chi connectivity index (χ2v) is 7.67. The second-order valence-electron chi connectivity index (χ2n) is 7.67. The fourth-order valence-electron chi connectivity index (χ4n) is 3.98. The monoisotopic (exact) mass is 379 g/mol. The van der Waals surface area contributed by atoms with Crippen molar-refractivity contribution in [1.82, 2.24) is 15.1 Å². The maximum atomic E-state index is 12.9. The summed E-state index contributed by atoms with van der Waals surface area (Å²) < 4.78 is 5.18. The summed E-state index contributed by atoms with van der Waals surface area (Å²) in [7, 11) is 1.72. The van der Waals surface area contributed by atoms with Crippen molar-refractivity contribution in [2.45, 2.75) is 56.7 Å². The lowest BCUT2D eigenvalue weighted by molar-refractivity contribution is -0.147. The van der Waals surface area contributed by atoms with Crippen molar-refractivity contribution >= 4 is 17.9 Å². The summed E-state index contributed by atoms with van der Waals surface area (Å²) in [6, 6.07) is -1.21. The predicted octanol–water partition coefficient (Wildman–Crippen LogP) is 0.652. The van der Waals surface area contributed by atoms with Crippen LogP contribution in [0.25, 0.3) is 0 Å². The summed E-state index contributed by atoms with van der Waals surface area (Å²) in [5, 5.41) is 12.9. The van der Waals surface area contributed by atoms with Crippen LogP contribution in [0.2, 0.25) is 0 Å². The van der Waals surface area contributed by atoms with Gasteiger partial charge in [0.1, 0.15) is 11.6 Å². The largest absolute Gasteiger partial charge is 0.464 e. The van der Waals surface area contributed by atoms with Crippen molar-refractivity contribution in [1.29, 1.82) is 0 Å². The molecule has 0 aromatic carbocycles. The molecule has 0 unspecified atom stereocenters. The number of nitrogens with zero attached hydrogens (tertiary/aromatic N) is 2. The summed E-state index contributed by atoms with van der Waals surface area (Å²) >= 11 is 0. The molecule has 2 heterocycles. The first-order chi connectivity index (χ1) is 12.9. The van der Waals surface area contributed by atoms with Gasteiger partial charge in [0.25, 0.3) is 0 Å². The molecule has 2 N–H and O–H groups in total. The molecule has 27 heavy (non-hydrogen) atoms. The van der Waals surface area contributed by atoms with Gasteiger partial charge in [0.2, 0.25) is 5.91 Å². The van der Waals surface area contributed by atoms with Crippen molar-refractivity contribution < 1.29 is 24.2 Å². The van der Waals surface area contributed by atoms with Crippen molar-refractivity contribution in [2.75, 3.05) is 26.7 Å². The minimum absolute atomic E-state index is 0.0789. The molecule has 4 atom stereocenters. The van der Waals surface area contributed by atoms with E-state index in [1.54, 1.807) is 18.9 Å². The quantitative estimate of drug-likeness (QED) is 0.542. The van der Waals surface area contributed by atoms with E-state index in [1.807, 2.05) is 12.2 Å². The first kappa shape index (κ1) is 19.7. The Labute approximate surface area is 159 Å². The summed E-state index contributed by atoms with van der Waals surface area (Å²) in [6.07, 6.45) is 6.64. The van der Waals surface area contributed by atoms with E-state index >= 15 is 0 Å². The Balaban J connectivity index is 1.85. The van der Waals surface area contributed by atoms with Crippen LogP contribution in [0.1, 0.15) is 39.0 Å². The first-order valence-electron chi connectivity index (χ1n) is 9.74. The third kappa shape index (κ3) is 3.95. The summed E-state index contributed by atoms with van der Waals surface area (Å²) in [5.41, 5.74) is -1.07. The number of nitrogens with one attached hydrogen (secondary N) is 1. The first-order valence-corrected chi connectivity index (χ1v) is 9.74. The third-order valence-corrected chi connectivity index (χ3v) is 5.67. The molecule has 0 bridgehead atoms. The zero-order valence-corrected chi connectivity index (χ0v) is 16.0. The van der Waals surface area contributed by atoms with E-state index in [2.05, 4.69) is 5.32 Å². The molecule has 2 fully saturated rings. The van der Waals surface area contributed by atoms with Crippen LogP contribution >= 0.6 is 0 Å². The number of aliphatic hydroxyl groups excluding tert-OH is 1. The van der Waals surface area contributed by atoms with Gasteiger partial charge in [0.05, 0.1) is 12.7 Å². The van der Waals surface area contributed by atoms with Crippen molar-refractivity contribution in [3.63, 3.8) is 0 Å². The summed E-state index contributed by atoms with van der Waals surface area (Å²) in [5.74, 6) is -0.723. The highest BCUT2D eigenvalue weighted by Crippen LogP contribution is 2.46. The Morgan fingerprint density at radius 2 is 2.19 bits per heavy atom. The van der Waals surface area contributed by atoms with E-state index in [0.29, 0.717) is 13.0 Å². The molecule has 8 nitrogen and oxygen atoms in total. The number of urea groups is 1. The van der Waals surface area contributed by atoms with Crippen LogP contribution in [0.4, 0.5) is 4.79 Å². The molecule has 1 aliphatic carbocycles. The fraction of sp³-hybridized carbons (Fsp3) is 0.737. The van der Waals surface area contributed by atoms with Crippen LogP contribution in [-0.2, 0) is 14.3 Å². The van der Waals surface area contributed by atoms with E-state index in [4.69, 9.17) is 4.74 Å². The predicted molar refractivity (Wildman–Crippen MR) is 97.7 cm³/mol. The van der Waals surface area contributed by atoms with Gasteiger partial charge < -0.3 is 25.0 Å². The van der Waals surface area contributed by atoms with Gasteiger partial charge >= 0.3 is 12.0 Å². The lowest BCUT2D eigenvalue weighted by Crippen LogP contribution is -2.55. The highest BCUT2D eigenvalue weighted by Gasteiger charge is 2.62. The van der Waals surface area contributed by atoms with Gasteiger partial charge in [0, 0.05) is 32.5 Å². The number of amides is 3. The standard InChI is InChI=1S/C19H29N3O5/c1-3-27-17(25)19-11-13(19)8-6-4-5-7-9-21(2)16(24)15-10-14(23)12-22(15)18(26)20-19/h6,8,13-15,23H,3-5,7,9-12H2,1-2H3,(H,20,26)/b8-6-/t13-,14+,15+,19-/m1/s1. The second kappa shape index (κ2) is 7.88. The lowest BCUT2D eigenvalue weighted by atomic mass is 10.1. The fourth-order valence-corrected chi connectivity index (χ4v) is 3.98. The molecule has 2 aliphatic heterocycles. The molecule has 0 aromatic heterocycles. The van der Waals surface area contributed by atoms with Crippen molar-refractivity contribution in [3.05, 3.63) is 12.2 Å². The smallest absolute Gasteiger partial charge is 0.332 e. The Kier molecular flexibility index (Phi) is 5.74.